The van der Waals surface area contributed by atoms with Crippen LogP contribution in [0.1, 0.15) is 32.7 Å². The minimum absolute atomic E-state index is 0.0424. The van der Waals surface area contributed by atoms with Gasteiger partial charge in [0.05, 0.1) is 34.9 Å². The van der Waals surface area contributed by atoms with Gasteiger partial charge in [-0.25, -0.2) is 16.8 Å². The number of carbonyl (C=O) groups is 2. The first-order chi connectivity index (χ1) is 17.9. The van der Waals surface area contributed by atoms with Crippen molar-refractivity contribution >= 4 is 37.4 Å². The molecule has 3 aromatic carbocycles. The van der Waals surface area contributed by atoms with E-state index >= 15 is 0 Å². The minimum Gasteiger partial charge on any atom is -0.493 e. The highest BCUT2D eigenvalue weighted by molar-refractivity contribution is 7.95. The van der Waals surface area contributed by atoms with Crippen molar-refractivity contribution in [2.24, 2.45) is 0 Å². The number of anilines is 1. The molecule has 4 rings (SSSR count). The number of amides is 2. The highest BCUT2D eigenvalue weighted by atomic mass is 32.2. The summed E-state index contributed by atoms with van der Waals surface area (Å²) in [7, 11) is -6.65. The molecule has 2 amide bonds. The fourth-order valence-electron chi connectivity index (χ4n) is 3.94. The summed E-state index contributed by atoms with van der Waals surface area (Å²) in [5.41, 5.74) is 1.59. The molecule has 3 aromatic rings. The number of rotatable bonds is 10. The van der Waals surface area contributed by atoms with Crippen LogP contribution in [0.3, 0.4) is 0 Å². The number of hydroxylamine groups is 2. The Labute approximate surface area is 221 Å². The van der Waals surface area contributed by atoms with Crippen LogP contribution >= 0.6 is 0 Å². The summed E-state index contributed by atoms with van der Waals surface area (Å²) in [6, 6.07) is 16.8. The Hall–Kier alpha value is -3.74. The smallest absolute Gasteiger partial charge is 0.285 e. The van der Waals surface area contributed by atoms with Crippen LogP contribution in [0.5, 0.6) is 5.75 Å². The van der Waals surface area contributed by atoms with Crippen molar-refractivity contribution in [1.82, 2.24) is 5.06 Å². The fraction of sp³-hybridized carbons (Fsp3) is 0.231. The third-order valence-electron chi connectivity index (χ3n) is 5.82. The quantitative estimate of drug-likeness (QED) is 0.274. The van der Waals surface area contributed by atoms with Crippen molar-refractivity contribution in [2.45, 2.75) is 23.1 Å². The normalized spacial score (nSPS) is 13.5. The van der Waals surface area contributed by atoms with Crippen LogP contribution in [0.2, 0.25) is 0 Å². The Bertz CT molecular complexity index is 1580. The van der Waals surface area contributed by atoms with Crippen LogP contribution in [-0.2, 0) is 24.7 Å². The molecule has 0 saturated heterocycles. The standard InChI is InChI=1S/C26H26N2O8S2/c1-18-15-19(27(2)38(33,34)24-12-7-6-11-23(24)37(3,31)32)17-20(16-18)35-13-8-14-36-28-25(29)21-9-4-5-10-22(21)26(28)30/h4-7,9-12,15-17H,8,13-14H2,1-3H3. The molecule has 10 nitrogen and oxygen atoms in total. The average molecular weight is 559 g/mol. The second kappa shape index (κ2) is 10.6. The Kier molecular flexibility index (Phi) is 7.58. The molecule has 0 unspecified atom stereocenters. The van der Waals surface area contributed by atoms with E-state index in [0.29, 0.717) is 23.3 Å². The van der Waals surface area contributed by atoms with Gasteiger partial charge in [0, 0.05) is 25.8 Å². The summed E-state index contributed by atoms with van der Waals surface area (Å²) < 4.78 is 57.8. The summed E-state index contributed by atoms with van der Waals surface area (Å²) in [4.78, 5) is 29.5. The second-order valence-electron chi connectivity index (χ2n) is 8.68. The second-order valence-corrected chi connectivity index (χ2v) is 12.6. The van der Waals surface area contributed by atoms with Gasteiger partial charge in [0.1, 0.15) is 10.6 Å². The number of fused-ring (bicyclic) bond motifs is 1. The van der Waals surface area contributed by atoms with Gasteiger partial charge in [-0.05, 0) is 48.9 Å². The van der Waals surface area contributed by atoms with Gasteiger partial charge in [0.15, 0.2) is 9.84 Å². The predicted octanol–water partition coefficient (Wildman–Crippen LogP) is 3.22. The monoisotopic (exact) mass is 558 g/mol. The van der Waals surface area contributed by atoms with E-state index in [9.17, 15) is 26.4 Å². The molecule has 0 bridgehead atoms. The molecular weight excluding hydrogens is 532 g/mol. The van der Waals surface area contributed by atoms with E-state index in [2.05, 4.69) is 0 Å². The molecule has 12 heteroatoms. The van der Waals surface area contributed by atoms with E-state index in [0.717, 1.165) is 21.2 Å². The molecule has 1 aliphatic rings. The van der Waals surface area contributed by atoms with Crippen molar-refractivity contribution in [3.63, 3.8) is 0 Å². The molecule has 0 atom stereocenters. The van der Waals surface area contributed by atoms with Crippen LogP contribution in [0.4, 0.5) is 5.69 Å². The highest BCUT2D eigenvalue weighted by Gasteiger charge is 2.36. The van der Waals surface area contributed by atoms with E-state index in [1.165, 1.54) is 37.4 Å². The van der Waals surface area contributed by atoms with Crippen molar-refractivity contribution < 1.29 is 36.0 Å². The lowest BCUT2D eigenvalue weighted by molar-refractivity contribution is -0.0935. The summed E-state index contributed by atoms with van der Waals surface area (Å²) in [6.45, 7) is 1.98. The van der Waals surface area contributed by atoms with Crippen molar-refractivity contribution in [1.29, 1.82) is 0 Å². The van der Waals surface area contributed by atoms with Crippen molar-refractivity contribution in [3.8, 4) is 5.75 Å². The van der Waals surface area contributed by atoms with E-state index < -0.39 is 31.7 Å². The first-order valence-electron chi connectivity index (χ1n) is 11.5. The van der Waals surface area contributed by atoms with E-state index in [1.54, 1.807) is 43.3 Å². The van der Waals surface area contributed by atoms with Gasteiger partial charge >= 0.3 is 0 Å². The maximum absolute atomic E-state index is 13.3. The maximum atomic E-state index is 13.3. The number of benzene rings is 3. The fourth-order valence-corrected chi connectivity index (χ4v) is 6.72. The topological polar surface area (TPSA) is 127 Å². The Morgan fingerprint density at radius 3 is 2.00 bits per heavy atom. The lowest BCUT2D eigenvalue weighted by Crippen LogP contribution is -2.30. The first-order valence-corrected chi connectivity index (χ1v) is 14.9. The SMILES string of the molecule is Cc1cc(OCCCON2C(=O)c3ccccc3C2=O)cc(N(C)S(=O)(=O)c2ccccc2S(C)(=O)=O)c1. The molecule has 38 heavy (non-hydrogen) atoms. The summed E-state index contributed by atoms with van der Waals surface area (Å²) in [6.07, 6.45) is 1.30. The van der Waals surface area contributed by atoms with E-state index in [1.807, 2.05) is 0 Å². The van der Waals surface area contributed by atoms with Crippen LogP contribution in [-0.4, -0.2) is 60.2 Å². The molecular formula is C26H26N2O8S2. The zero-order valence-corrected chi connectivity index (χ0v) is 22.6. The molecule has 1 aliphatic heterocycles. The Balaban J connectivity index is 1.41. The first kappa shape index (κ1) is 27.3. The molecule has 0 N–H and O–H groups in total. The number of imide groups is 1. The molecule has 0 saturated carbocycles. The molecule has 1 heterocycles. The lowest BCUT2D eigenvalue weighted by atomic mass is 10.1. The number of nitrogens with zero attached hydrogens (tertiary/aromatic N) is 2. The van der Waals surface area contributed by atoms with Crippen LogP contribution in [0.25, 0.3) is 0 Å². The predicted molar refractivity (Wildman–Crippen MR) is 139 cm³/mol. The zero-order valence-electron chi connectivity index (χ0n) is 20.9. The van der Waals surface area contributed by atoms with Gasteiger partial charge in [0.2, 0.25) is 0 Å². The molecule has 0 fully saturated rings. The highest BCUT2D eigenvalue weighted by Crippen LogP contribution is 2.30. The van der Waals surface area contributed by atoms with E-state index in [4.69, 9.17) is 9.57 Å². The van der Waals surface area contributed by atoms with Crippen LogP contribution < -0.4 is 9.04 Å². The average Bonchev–Trinajstić information content (AvgIpc) is 3.12. The number of carbonyl (C=O) groups excluding carboxylic acids is 2. The molecule has 0 aromatic heterocycles. The number of sulfonamides is 1. The van der Waals surface area contributed by atoms with Crippen molar-refractivity contribution in [3.05, 3.63) is 83.4 Å². The Morgan fingerprint density at radius 2 is 1.39 bits per heavy atom. The number of sulfone groups is 1. The van der Waals surface area contributed by atoms with Gasteiger partial charge in [-0.3, -0.25) is 18.7 Å². The zero-order chi connectivity index (χ0) is 27.7. The number of aryl methyl sites for hydroxylation is 1. The molecule has 0 radical (unpaired) electrons. The Morgan fingerprint density at radius 1 is 0.816 bits per heavy atom. The molecule has 0 aliphatic carbocycles. The van der Waals surface area contributed by atoms with Gasteiger partial charge in [-0.15, -0.1) is 5.06 Å². The third-order valence-corrected chi connectivity index (χ3v) is 8.95. The van der Waals surface area contributed by atoms with Gasteiger partial charge < -0.3 is 4.74 Å². The number of ether oxygens (including phenoxy) is 1. The van der Waals surface area contributed by atoms with Gasteiger partial charge in [-0.2, -0.15) is 0 Å². The minimum atomic E-state index is -4.20. The largest absolute Gasteiger partial charge is 0.493 e. The molecule has 0 spiro atoms. The summed E-state index contributed by atoms with van der Waals surface area (Å²) >= 11 is 0. The van der Waals surface area contributed by atoms with Crippen LogP contribution in [0, 0.1) is 6.92 Å². The van der Waals surface area contributed by atoms with Crippen molar-refractivity contribution in [2.75, 3.05) is 30.8 Å². The maximum Gasteiger partial charge on any atom is 0.285 e. The number of hydrogen-bond donors (Lipinski definition) is 0. The molecule has 200 valence electrons. The summed E-state index contributed by atoms with van der Waals surface area (Å²) in [5, 5.41) is 0.740. The van der Waals surface area contributed by atoms with Gasteiger partial charge in [-0.1, -0.05) is 24.3 Å². The third kappa shape index (κ3) is 5.42. The lowest BCUT2D eigenvalue weighted by Gasteiger charge is -2.22. The number of hydrogen-bond acceptors (Lipinski definition) is 8. The van der Waals surface area contributed by atoms with Gasteiger partial charge in [0.25, 0.3) is 21.8 Å². The van der Waals surface area contributed by atoms with Crippen LogP contribution in [0.15, 0.2) is 76.5 Å². The van der Waals surface area contributed by atoms with E-state index in [-0.39, 0.29) is 28.7 Å². The summed E-state index contributed by atoms with van der Waals surface area (Å²) in [5.74, 6) is -0.646.